The van der Waals surface area contributed by atoms with Gasteiger partial charge in [-0.1, -0.05) is 13.8 Å². The van der Waals surface area contributed by atoms with Gasteiger partial charge in [0.05, 0.1) is 12.2 Å². The molecular formula is C15H31N3O. The van der Waals surface area contributed by atoms with Gasteiger partial charge < -0.3 is 15.0 Å². The third kappa shape index (κ3) is 4.42. The van der Waals surface area contributed by atoms with E-state index in [0.29, 0.717) is 12.2 Å². The predicted octanol–water partition coefficient (Wildman–Crippen LogP) is 1.17. The van der Waals surface area contributed by atoms with E-state index in [-0.39, 0.29) is 0 Å². The molecule has 19 heavy (non-hydrogen) atoms. The smallest absolute Gasteiger partial charge is 0.0707 e. The highest BCUT2D eigenvalue weighted by Gasteiger charge is 2.29. The summed E-state index contributed by atoms with van der Waals surface area (Å²) in [7, 11) is 2.25. The van der Waals surface area contributed by atoms with Crippen LogP contribution >= 0.6 is 0 Å². The lowest BCUT2D eigenvalue weighted by Crippen LogP contribution is -2.52. The van der Waals surface area contributed by atoms with E-state index in [0.717, 1.165) is 25.7 Å². The minimum Gasteiger partial charge on any atom is -0.372 e. The van der Waals surface area contributed by atoms with E-state index in [9.17, 15) is 0 Å². The summed E-state index contributed by atoms with van der Waals surface area (Å²) in [5, 5.41) is 3.39. The van der Waals surface area contributed by atoms with Crippen molar-refractivity contribution in [3.8, 4) is 0 Å². The maximum atomic E-state index is 6.14. The Morgan fingerprint density at radius 1 is 1.16 bits per heavy atom. The van der Waals surface area contributed by atoms with E-state index < -0.39 is 0 Å². The van der Waals surface area contributed by atoms with Gasteiger partial charge in [-0.15, -0.1) is 0 Å². The molecule has 2 aliphatic heterocycles. The van der Waals surface area contributed by atoms with E-state index in [1.807, 2.05) is 0 Å². The third-order valence-corrected chi connectivity index (χ3v) is 4.61. The summed E-state index contributed by atoms with van der Waals surface area (Å²) in [5.41, 5.74) is 0. The Morgan fingerprint density at radius 2 is 1.95 bits per heavy atom. The quantitative estimate of drug-likeness (QED) is 0.783. The molecule has 2 rings (SSSR count). The number of piperazine rings is 1. The largest absolute Gasteiger partial charge is 0.372 e. The molecule has 0 aromatic heterocycles. The predicted molar refractivity (Wildman–Crippen MR) is 79.6 cm³/mol. The summed E-state index contributed by atoms with van der Waals surface area (Å²) in [6.07, 6.45) is 4.62. The van der Waals surface area contributed by atoms with Crippen molar-refractivity contribution in [3.05, 3.63) is 0 Å². The van der Waals surface area contributed by atoms with E-state index >= 15 is 0 Å². The average Bonchev–Trinajstić information content (AvgIpc) is 2.86. The van der Waals surface area contributed by atoms with E-state index in [1.165, 1.54) is 38.9 Å². The fourth-order valence-electron chi connectivity index (χ4n) is 3.27. The van der Waals surface area contributed by atoms with Crippen LogP contribution in [0.1, 0.15) is 33.1 Å². The number of nitrogens with zero attached hydrogens (tertiary/aromatic N) is 2. The lowest BCUT2D eigenvalue weighted by Gasteiger charge is -2.40. The van der Waals surface area contributed by atoms with Crippen molar-refractivity contribution in [3.63, 3.8) is 0 Å². The summed E-state index contributed by atoms with van der Waals surface area (Å²) in [4.78, 5) is 5.11. The van der Waals surface area contributed by atoms with Gasteiger partial charge in [-0.3, -0.25) is 4.90 Å². The Balaban J connectivity index is 1.70. The lowest BCUT2D eigenvalue weighted by atomic mass is 10.1. The second-order valence-electron chi connectivity index (χ2n) is 6.07. The zero-order valence-corrected chi connectivity index (χ0v) is 12.9. The molecule has 4 nitrogen and oxygen atoms in total. The van der Waals surface area contributed by atoms with Crippen LogP contribution in [-0.2, 0) is 4.74 Å². The lowest BCUT2D eigenvalue weighted by molar-refractivity contribution is 0.00498. The molecule has 1 N–H and O–H groups in total. The summed E-state index contributed by atoms with van der Waals surface area (Å²) in [6.45, 7) is 11.3. The van der Waals surface area contributed by atoms with Crippen LogP contribution < -0.4 is 5.32 Å². The molecule has 112 valence electrons. The maximum absolute atomic E-state index is 6.14. The Hall–Kier alpha value is -0.160. The summed E-state index contributed by atoms with van der Waals surface area (Å²) < 4.78 is 6.14. The summed E-state index contributed by atoms with van der Waals surface area (Å²) >= 11 is 0. The van der Waals surface area contributed by atoms with Crippen molar-refractivity contribution >= 4 is 0 Å². The molecular weight excluding hydrogens is 238 g/mol. The summed E-state index contributed by atoms with van der Waals surface area (Å²) in [6, 6.07) is 0.729. The van der Waals surface area contributed by atoms with Crippen molar-refractivity contribution < 1.29 is 4.74 Å². The zero-order valence-electron chi connectivity index (χ0n) is 12.9. The highest BCUT2D eigenvalue weighted by atomic mass is 16.5. The molecule has 0 spiro atoms. The first-order valence-corrected chi connectivity index (χ1v) is 8.01. The van der Waals surface area contributed by atoms with Crippen LogP contribution in [0.15, 0.2) is 0 Å². The second kappa shape index (κ2) is 7.58. The molecule has 2 fully saturated rings. The molecule has 2 saturated heterocycles. The second-order valence-corrected chi connectivity index (χ2v) is 6.07. The maximum Gasteiger partial charge on any atom is 0.0707 e. The first kappa shape index (κ1) is 15.2. The molecule has 0 aliphatic carbocycles. The number of ether oxygens (including phenoxy) is 1. The molecule has 0 bridgehead atoms. The van der Waals surface area contributed by atoms with Gasteiger partial charge in [0.25, 0.3) is 0 Å². The average molecular weight is 269 g/mol. The van der Waals surface area contributed by atoms with E-state index in [1.54, 1.807) is 0 Å². The highest BCUT2D eigenvalue weighted by molar-refractivity contribution is 4.83. The van der Waals surface area contributed by atoms with Gasteiger partial charge in [-0.2, -0.15) is 0 Å². The molecule has 3 atom stereocenters. The van der Waals surface area contributed by atoms with Gasteiger partial charge in [0, 0.05) is 38.8 Å². The van der Waals surface area contributed by atoms with Crippen LogP contribution in [-0.4, -0.2) is 74.4 Å². The van der Waals surface area contributed by atoms with Crippen LogP contribution in [0.2, 0.25) is 0 Å². The minimum atomic E-state index is 0.444. The van der Waals surface area contributed by atoms with Crippen molar-refractivity contribution in [2.75, 3.05) is 46.3 Å². The van der Waals surface area contributed by atoms with Gasteiger partial charge >= 0.3 is 0 Å². The van der Waals surface area contributed by atoms with E-state index in [2.05, 4.69) is 36.0 Å². The Labute approximate surface area is 118 Å². The molecule has 4 heteroatoms. The van der Waals surface area contributed by atoms with Crippen LogP contribution in [0.5, 0.6) is 0 Å². The first-order valence-electron chi connectivity index (χ1n) is 8.01. The monoisotopic (exact) mass is 269 g/mol. The van der Waals surface area contributed by atoms with Crippen LogP contribution in [0.4, 0.5) is 0 Å². The van der Waals surface area contributed by atoms with Gasteiger partial charge in [-0.25, -0.2) is 0 Å². The number of nitrogens with one attached hydrogen (secondary N) is 1. The number of rotatable bonds is 6. The normalized spacial score (nSPS) is 33.9. The number of hydrogen-bond donors (Lipinski definition) is 1. The molecule has 0 aromatic carbocycles. The Bertz CT molecular complexity index is 262. The van der Waals surface area contributed by atoms with Crippen molar-refractivity contribution in [1.29, 1.82) is 0 Å². The molecule has 0 saturated carbocycles. The Morgan fingerprint density at radius 3 is 2.68 bits per heavy atom. The van der Waals surface area contributed by atoms with Crippen LogP contribution in [0.3, 0.4) is 0 Å². The molecule has 0 aromatic rings. The zero-order chi connectivity index (χ0) is 13.7. The van der Waals surface area contributed by atoms with Crippen LogP contribution in [0, 0.1) is 0 Å². The first-order chi connectivity index (χ1) is 9.22. The third-order valence-electron chi connectivity index (χ3n) is 4.61. The van der Waals surface area contributed by atoms with Crippen molar-refractivity contribution in [1.82, 2.24) is 15.1 Å². The fraction of sp³-hybridized carbons (Fsp3) is 1.00. The van der Waals surface area contributed by atoms with Gasteiger partial charge in [-0.05, 0) is 32.9 Å². The minimum absolute atomic E-state index is 0.444. The van der Waals surface area contributed by atoms with Crippen LogP contribution in [0.25, 0.3) is 0 Å². The SMILES string of the molecule is CCNCC1CCC(CN2CCN(C)C(CC)C2)O1. The molecule has 0 amide bonds. The Kier molecular flexibility index (Phi) is 6.07. The topological polar surface area (TPSA) is 27.7 Å². The highest BCUT2D eigenvalue weighted by Crippen LogP contribution is 2.21. The van der Waals surface area contributed by atoms with Crippen molar-refractivity contribution in [2.24, 2.45) is 0 Å². The fourth-order valence-corrected chi connectivity index (χ4v) is 3.27. The molecule has 0 radical (unpaired) electrons. The number of likely N-dealkylation sites (N-methyl/N-ethyl adjacent to an activating group) is 2. The molecule has 3 unspecified atom stereocenters. The van der Waals surface area contributed by atoms with Gasteiger partial charge in [0.15, 0.2) is 0 Å². The standard InChI is InChI=1S/C15H31N3O/c1-4-13-11-18(9-8-17(13)3)12-15-7-6-14(19-15)10-16-5-2/h13-16H,4-12H2,1-3H3. The molecule has 2 aliphatic rings. The van der Waals surface area contributed by atoms with Gasteiger partial charge in [0.1, 0.15) is 0 Å². The number of hydrogen-bond acceptors (Lipinski definition) is 4. The van der Waals surface area contributed by atoms with Crippen molar-refractivity contribution in [2.45, 2.75) is 51.4 Å². The van der Waals surface area contributed by atoms with Gasteiger partial charge in [0.2, 0.25) is 0 Å². The van der Waals surface area contributed by atoms with E-state index in [4.69, 9.17) is 4.74 Å². The summed E-state index contributed by atoms with van der Waals surface area (Å²) in [5.74, 6) is 0. The molecule has 2 heterocycles.